The van der Waals surface area contributed by atoms with Crippen LogP contribution >= 0.6 is 0 Å². The Morgan fingerprint density at radius 2 is 2.22 bits per heavy atom. The van der Waals surface area contributed by atoms with Gasteiger partial charge in [0.25, 0.3) is 0 Å². The van der Waals surface area contributed by atoms with Crippen LogP contribution < -0.4 is 4.74 Å². The fourth-order valence-electron chi connectivity index (χ4n) is 2.11. The molecule has 0 amide bonds. The van der Waals surface area contributed by atoms with E-state index in [0.29, 0.717) is 6.61 Å². The summed E-state index contributed by atoms with van der Waals surface area (Å²) in [5.74, 6) is 0.879. The highest BCUT2D eigenvalue weighted by atomic mass is 16.5. The Bertz CT molecular complexity index is 443. The summed E-state index contributed by atoms with van der Waals surface area (Å²) in [6.07, 6.45) is 2.84. The smallest absolute Gasteiger partial charge is 0.119 e. The van der Waals surface area contributed by atoms with Gasteiger partial charge in [-0.25, -0.2) is 0 Å². The van der Waals surface area contributed by atoms with E-state index in [-0.39, 0.29) is 12.5 Å². The maximum atomic E-state index is 9.00. The SMILES string of the molecule is CC(CO)COc1ccc2c(c1)/C(=N\O)CCC2. The van der Waals surface area contributed by atoms with Gasteiger partial charge in [-0.1, -0.05) is 18.1 Å². The molecule has 2 rings (SSSR count). The average Bonchev–Trinajstić information content (AvgIpc) is 2.43. The number of aliphatic hydroxyl groups excluding tert-OH is 1. The van der Waals surface area contributed by atoms with Crippen LogP contribution in [0.4, 0.5) is 0 Å². The Labute approximate surface area is 107 Å². The van der Waals surface area contributed by atoms with Gasteiger partial charge in [-0.15, -0.1) is 0 Å². The van der Waals surface area contributed by atoms with Crippen LogP contribution in [0.2, 0.25) is 0 Å². The van der Waals surface area contributed by atoms with Gasteiger partial charge in [0.05, 0.1) is 12.3 Å². The number of nitrogens with zero attached hydrogens (tertiary/aromatic N) is 1. The van der Waals surface area contributed by atoms with Gasteiger partial charge in [0.2, 0.25) is 0 Å². The van der Waals surface area contributed by atoms with Gasteiger partial charge in [-0.3, -0.25) is 0 Å². The van der Waals surface area contributed by atoms with E-state index in [2.05, 4.69) is 5.16 Å². The Kier molecular flexibility index (Phi) is 4.20. The molecule has 1 unspecified atom stereocenters. The van der Waals surface area contributed by atoms with E-state index in [1.807, 2.05) is 25.1 Å². The van der Waals surface area contributed by atoms with Crippen molar-refractivity contribution < 1.29 is 15.1 Å². The van der Waals surface area contributed by atoms with Crippen molar-refractivity contribution in [3.05, 3.63) is 29.3 Å². The predicted molar refractivity (Wildman–Crippen MR) is 69.4 cm³/mol. The second-order valence-corrected chi connectivity index (χ2v) is 4.82. The molecular weight excluding hydrogens is 230 g/mol. The first kappa shape index (κ1) is 12.9. The minimum atomic E-state index is 0.118. The highest BCUT2D eigenvalue weighted by Crippen LogP contribution is 2.26. The van der Waals surface area contributed by atoms with Crippen molar-refractivity contribution in [1.82, 2.24) is 0 Å². The van der Waals surface area contributed by atoms with Gasteiger partial charge in [0.15, 0.2) is 0 Å². The standard InChI is InChI=1S/C14H19NO3/c1-10(8-16)9-18-12-6-5-11-3-2-4-14(15-17)13(11)7-12/h5-7,10,16-17H,2-4,8-9H2,1H3/b15-14-. The molecule has 1 aliphatic rings. The molecule has 18 heavy (non-hydrogen) atoms. The van der Waals surface area contributed by atoms with E-state index in [4.69, 9.17) is 15.1 Å². The lowest BCUT2D eigenvalue weighted by atomic mass is 9.90. The lowest BCUT2D eigenvalue weighted by molar-refractivity contribution is 0.174. The van der Waals surface area contributed by atoms with Crippen molar-refractivity contribution in [1.29, 1.82) is 0 Å². The van der Waals surface area contributed by atoms with Crippen LogP contribution in [-0.4, -0.2) is 29.2 Å². The fourth-order valence-corrected chi connectivity index (χ4v) is 2.11. The van der Waals surface area contributed by atoms with Gasteiger partial charge in [0, 0.05) is 18.1 Å². The summed E-state index contributed by atoms with van der Waals surface area (Å²) in [6, 6.07) is 5.88. The van der Waals surface area contributed by atoms with E-state index < -0.39 is 0 Å². The summed E-state index contributed by atoms with van der Waals surface area (Å²) in [5.41, 5.74) is 2.92. The van der Waals surface area contributed by atoms with Gasteiger partial charge >= 0.3 is 0 Å². The van der Waals surface area contributed by atoms with E-state index >= 15 is 0 Å². The van der Waals surface area contributed by atoms with Crippen LogP contribution in [-0.2, 0) is 6.42 Å². The zero-order chi connectivity index (χ0) is 13.0. The molecule has 1 aromatic rings. The van der Waals surface area contributed by atoms with E-state index in [1.165, 1.54) is 5.56 Å². The van der Waals surface area contributed by atoms with Crippen molar-refractivity contribution in [2.24, 2.45) is 11.1 Å². The van der Waals surface area contributed by atoms with Crippen LogP contribution in [0.3, 0.4) is 0 Å². The van der Waals surface area contributed by atoms with Crippen LogP contribution in [0.1, 0.15) is 30.9 Å². The van der Waals surface area contributed by atoms with Crippen LogP contribution in [0.25, 0.3) is 0 Å². The molecule has 4 heteroatoms. The van der Waals surface area contributed by atoms with E-state index in [9.17, 15) is 0 Å². The Morgan fingerprint density at radius 3 is 2.94 bits per heavy atom. The number of aryl methyl sites for hydroxylation is 1. The molecule has 0 heterocycles. The van der Waals surface area contributed by atoms with Gasteiger partial charge < -0.3 is 15.1 Å². The number of hydrogen-bond donors (Lipinski definition) is 2. The van der Waals surface area contributed by atoms with Crippen molar-refractivity contribution in [3.8, 4) is 5.75 Å². The maximum absolute atomic E-state index is 9.00. The van der Waals surface area contributed by atoms with Crippen molar-refractivity contribution in [2.45, 2.75) is 26.2 Å². The van der Waals surface area contributed by atoms with Crippen molar-refractivity contribution >= 4 is 5.71 Å². The fraction of sp³-hybridized carbons (Fsp3) is 0.500. The third kappa shape index (κ3) is 2.82. The number of benzene rings is 1. The quantitative estimate of drug-likeness (QED) is 0.635. The number of oxime groups is 1. The highest BCUT2D eigenvalue weighted by Gasteiger charge is 2.16. The Morgan fingerprint density at radius 1 is 1.39 bits per heavy atom. The van der Waals surface area contributed by atoms with Crippen molar-refractivity contribution in [2.75, 3.05) is 13.2 Å². The molecule has 0 fully saturated rings. The highest BCUT2D eigenvalue weighted by molar-refractivity contribution is 6.02. The average molecular weight is 249 g/mol. The van der Waals surface area contributed by atoms with Crippen molar-refractivity contribution in [3.63, 3.8) is 0 Å². The summed E-state index contributed by atoms with van der Waals surface area (Å²) in [5, 5.41) is 21.3. The third-order valence-corrected chi connectivity index (χ3v) is 3.22. The number of hydrogen-bond acceptors (Lipinski definition) is 4. The predicted octanol–water partition coefficient (Wildman–Crippen LogP) is 2.21. The minimum absolute atomic E-state index is 0.118. The largest absolute Gasteiger partial charge is 0.493 e. The molecule has 0 aliphatic heterocycles. The minimum Gasteiger partial charge on any atom is -0.493 e. The molecule has 2 N–H and O–H groups in total. The van der Waals surface area contributed by atoms with Gasteiger partial charge in [0.1, 0.15) is 5.75 Å². The van der Waals surface area contributed by atoms with Crippen LogP contribution in [0, 0.1) is 5.92 Å². The van der Waals surface area contributed by atoms with Gasteiger partial charge in [-0.2, -0.15) is 0 Å². The zero-order valence-electron chi connectivity index (χ0n) is 10.6. The molecule has 0 bridgehead atoms. The molecule has 0 aromatic heterocycles. The lowest BCUT2D eigenvalue weighted by Gasteiger charge is -2.18. The number of fused-ring (bicyclic) bond motifs is 1. The molecule has 98 valence electrons. The second-order valence-electron chi connectivity index (χ2n) is 4.82. The number of rotatable bonds is 4. The maximum Gasteiger partial charge on any atom is 0.119 e. The molecule has 0 saturated carbocycles. The monoisotopic (exact) mass is 249 g/mol. The Balaban J connectivity index is 2.15. The Hall–Kier alpha value is -1.55. The zero-order valence-corrected chi connectivity index (χ0v) is 10.6. The van der Waals surface area contributed by atoms with Crippen LogP contribution in [0.15, 0.2) is 23.4 Å². The summed E-state index contributed by atoms with van der Waals surface area (Å²) in [7, 11) is 0. The first-order chi connectivity index (χ1) is 8.74. The van der Waals surface area contributed by atoms with E-state index in [0.717, 1.165) is 36.3 Å². The molecule has 0 spiro atoms. The number of aliphatic hydroxyl groups is 1. The first-order valence-electron chi connectivity index (χ1n) is 6.32. The summed E-state index contributed by atoms with van der Waals surface area (Å²) < 4.78 is 5.62. The second kappa shape index (κ2) is 5.87. The molecule has 0 saturated heterocycles. The summed E-state index contributed by atoms with van der Waals surface area (Å²) >= 11 is 0. The van der Waals surface area contributed by atoms with E-state index in [1.54, 1.807) is 0 Å². The lowest BCUT2D eigenvalue weighted by Crippen LogP contribution is -2.14. The first-order valence-corrected chi connectivity index (χ1v) is 6.32. The normalized spacial score (nSPS) is 18.4. The molecule has 1 aliphatic carbocycles. The van der Waals surface area contributed by atoms with Gasteiger partial charge in [-0.05, 0) is 37.0 Å². The summed E-state index contributed by atoms with van der Waals surface area (Å²) in [4.78, 5) is 0. The molecular formula is C14H19NO3. The molecule has 1 aromatic carbocycles. The molecule has 0 radical (unpaired) electrons. The summed E-state index contributed by atoms with van der Waals surface area (Å²) in [6.45, 7) is 2.54. The third-order valence-electron chi connectivity index (χ3n) is 3.22. The topological polar surface area (TPSA) is 62.0 Å². The molecule has 4 nitrogen and oxygen atoms in total. The number of ether oxygens (including phenoxy) is 1. The van der Waals surface area contributed by atoms with Crippen LogP contribution in [0.5, 0.6) is 5.75 Å². The molecule has 1 atom stereocenters.